The number of amides is 1. The molecule has 1 amide bonds. The van der Waals surface area contributed by atoms with Gasteiger partial charge in [-0.05, 0) is 37.5 Å². The van der Waals surface area contributed by atoms with Crippen LogP contribution in [0.15, 0.2) is 0 Å². The summed E-state index contributed by atoms with van der Waals surface area (Å²) in [6, 6.07) is 0.625. The highest BCUT2D eigenvalue weighted by Gasteiger charge is 2.25. The van der Waals surface area contributed by atoms with Gasteiger partial charge >= 0.3 is 0 Å². The van der Waals surface area contributed by atoms with Gasteiger partial charge in [0.25, 0.3) is 0 Å². The minimum atomic E-state index is 0.344. The molecule has 3 heteroatoms. The lowest BCUT2D eigenvalue weighted by Crippen LogP contribution is -2.41. The Bertz CT molecular complexity index is 274. The van der Waals surface area contributed by atoms with Gasteiger partial charge in [-0.3, -0.25) is 4.79 Å². The lowest BCUT2D eigenvalue weighted by Gasteiger charge is -2.33. The minimum absolute atomic E-state index is 0.344. The van der Waals surface area contributed by atoms with E-state index >= 15 is 0 Å². The molecule has 0 spiro atoms. The van der Waals surface area contributed by atoms with Crippen LogP contribution in [0, 0.1) is 11.8 Å². The van der Waals surface area contributed by atoms with Crippen molar-refractivity contribution in [1.82, 2.24) is 10.2 Å². The van der Waals surface area contributed by atoms with E-state index in [1.54, 1.807) is 0 Å². The average Bonchev–Trinajstić information content (AvgIpc) is 2.87. The molecule has 2 rings (SSSR count). The van der Waals surface area contributed by atoms with Crippen molar-refractivity contribution in [2.75, 3.05) is 19.6 Å². The largest absolute Gasteiger partial charge is 0.343 e. The smallest absolute Gasteiger partial charge is 0.223 e. The predicted molar refractivity (Wildman–Crippen MR) is 74.4 cm³/mol. The van der Waals surface area contributed by atoms with E-state index in [1.165, 1.54) is 32.1 Å². The zero-order valence-electron chi connectivity index (χ0n) is 12.0. The second-order valence-electron chi connectivity index (χ2n) is 6.29. The summed E-state index contributed by atoms with van der Waals surface area (Å²) >= 11 is 0. The maximum atomic E-state index is 11.9. The van der Waals surface area contributed by atoms with Gasteiger partial charge in [-0.15, -0.1) is 0 Å². The number of likely N-dealkylation sites (tertiary alicyclic amines) is 1. The molecule has 1 saturated carbocycles. The number of nitrogens with zero attached hydrogens (tertiary/aromatic N) is 1. The molecule has 104 valence electrons. The molecule has 18 heavy (non-hydrogen) atoms. The summed E-state index contributed by atoms with van der Waals surface area (Å²) in [6.07, 6.45) is 7.04. The highest BCUT2D eigenvalue weighted by molar-refractivity contribution is 5.76. The van der Waals surface area contributed by atoms with Crippen molar-refractivity contribution >= 4 is 5.91 Å². The number of nitrogens with one attached hydrogen (secondary N) is 1. The Kier molecular flexibility index (Phi) is 5.04. The van der Waals surface area contributed by atoms with E-state index in [0.29, 0.717) is 18.4 Å². The number of rotatable bonds is 4. The molecular formula is C15H28N2O. The second kappa shape index (κ2) is 6.55. The topological polar surface area (TPSA) is 32.3 Å². The highest BCUT2D eigenvalue weighted by atomic mass is 16.2. The van der Waals surface area contributed by atoms with E-state index < -0.39 is 0 Å². The molecule has 2 aliphatic rings. The molecule has 0 aromatic rings. The quantitative estimate of drug-likeness (QED) is 0.833. The van der Waals surface area contributed by atoms with Gasteiger partial charge in [0.15, 0.2) is 0 Å². The van der Waals surface area contributed by atoms with Crippen LogP contribution in [0.25, 0.3) is 0 Å². The fourth-order valence-electron chi connectivity index (χ4n) is 3.31. The van der Waals surface area contributed by atoms with E-state index in [0.717, 1.165) is 31.5 Å². The first-order chi connectivity index (χ1) is 8.66. The van der Waals surface area contributed by atoms with Gasteiger partial charge < -0.3 is 10.2 Å². The second-order valence-corrected chi connectivity index (χ2v) is 6.29. The van der Waals surface area contributed by atoms with Crippen LogP contribution in [-0.2, 0) is 4.79 Å². The Morgan fingerprint density at radius 1 is 1.22 bits per heavy atom. The number of carbonyl (C=O) groups is 1. The first-order valence-electron chi connectivity index (χ1n) is 7.68. The van der Waals surface area contributed by atoms with Gasteiger partial charge in [0.05, 0.1) is 0 Å². The third-order valence-corrected chi connectivity index (χ3v) is 4.66. The molecule has 0 aromatic heterocycles. The Hall–Kier alpha value is -0.570. The fraction of sp³-hybridized carbons (Fsp3) is 0.933. The number of carbonyl (C=O) groups excluding carboxylic acids is 1. The SMILES string of the molecule is CC1CCC(C)C(NCCC(=O)N2CCCC2)C1. The molecule has 3 atom stereocenters. The lowest BCUT2D eigenvalue weighted by molar-refractivity contribution is -0.130. The van der Waals surface area contributed by atoms with Gasteiger partial charge in [0, 0.05) is 32.1 Å². The highest BCUT2D eigenvalue weighted by Crippen LogP contribution is 2.28. The predicted octanol–water partition coefficient (Wildman–Crippen LogP) is 2.41. The van der Waals surface area contributed by atoms with Crippen LogP contribution >= 0.6 is 0 Å². The average molecular weight is 252 g/mol. The molecular weight excluding hydrogens is 224 g/mol. The Labute approximate surface area is 111 Å². The number of hydrogen-bond acceptors (Lipinski definition) is 2. The monoisotopic (exact) mass is 252 g/mol. The van der Waals surface area contributed by atoms with Crippen molar-refractivity contribution in [3.63, 3.8) is 0 Å². The third-order valence-electron chi connectivity index (χ3n) is 4.66. The molecule has 3 nitrogen and oxygen atoms in total. The molecule has 1 saturated heterocycles. The maximum absolute atomic E-state index is 11.9. The van der Waals surface area contributed by atoms with Crippen LogP contribution in [0.1, 0.15) is 52.4 Å². The molecule has 0 bridgehead atoms. The maximum Gasteiger partial charge on any atom is 0.223 e. The van der Waals surface area contributed by atoms with E-state index in [-0.39, 0.29) is 0 Å². The zero-order valence-corrected chi connectivity index (χ0v) is 12.0. The van der Waals surface area contributed by atoms with Crippen LogP contribution in [0.5, 0.6) is 0 Å². The van der Waals surface area contributed by atoms with E-state index in [2.05, 4.69) is 19.2 Å². The standard InChI is InChI=1S/C15H28N2O/c1-12-5-6-13(2)14(11-12)16-8-7-15(18)17-9-3-4-10-17/h12-14,16H,3-11H2,1-2H3. The summed E-state index contributed by atoms with van der Waals surface area (Å²) in [5, 5.41) is 3.61. The summed E-state index contributed by atoms with van der Waals surface area (Å²) < 4.78 is 0. The van der Waals surface area contributed by atoms with Crippen LogP contribution in [0.3, 0.4) is 0 Å². The van der Waals surface area contributed by atoms with Crippen molar-refractivity contribution in [3.05, 3.63) is 0 Å². The van der Waals surface area contributed by atoms with Crippen molar-refractivity contribution in [2.45, 2.75) is 58.4 Å². The molecule has 2 fully saturated rings. The lowest BCUT2D eigenvalue weighted by atomic mass is 9.80. The van der Waals surface area contributed by atoms with E-state index in [9.17, 15) is 4.79 Å². The van der Waals surface area contributed by atoms with Crippen molar-refractivity contribution < 1.29 is 4.79 Å². The Morgan fingerprint density at radius 2 is 1.94 bits per heavy atom. The van der Waals surface area contributed by atoms with E-state index in [1.807, 2.05) is 4.90 Å². The fourth-order valence-corrected chi connectivity index (χ4v) is 3.31. The van der Waals surface area contributed by atoms with E-state index in [4.69, 9.17) is 0 Å². The van der Waals surface area contributed by atoms with Crippen LogP contribution < -0.4 is 5.32 Å². The summed E-state index contributed by atoms with van der Waals surface area (Å²) in [7, 11) is 0. The van der Waals surface area contributed by atoms with Gasteiger partial charge in [-0.25, -0.2) is 0 Å². The van der Waals surface area contributed by atoms with Gasteiger partial charge in [-0.1, -0.05) is 20.3 Å². The van der Waals surface area contributed by atoms with Crippen molar-refractivity contribution in [2.24, 2.45) is 11.8 Å². The van der Waals surface area contributed by atoms with Crippen LogP contribution in [-0.4, -0.2) is 36.5 Å². The number of hydrogen-bond donors (Lipinski definition) is 1. The summed E-state index contributed by atoms with van der Waals surface area (Å²) in [5.74, 6) is 1.95. The third kappa shape index (κ3) is 3.71. The van der Waals surface area contributed by atoms with Gasteiger partial charge in [0.2, 0.25) is 5.91 Å². The first-order valence-corrected chi connectivity index (χ1v) is 7.68. The van der Waals surface area contributed by atoms with Crippen LogP contribution in [0.2, 0.25) is 0 Å². The first kappa shape index (κ1) is 13.9. The van der Waals surface area contributed by atoms with Gasteiger partial charge in [0.1, 0.15) is 0 Å². The Morgan fingerprint density at radius 3 is 2.67 bits per heavy atom. The summed E-state index contributed by atoms with van der Waals surface area (Å²) in [4.78, 5) is 13.9. The molecule has 0 radical (unpaired) electrons. The van der Waals surface area contributed by atoms with Gasteiger partial charge in [-0.2, -0.15) is 0 Å². The molecule has 0 aromatic carbocycles. The molecule has 1 N–H and O–H groups in total. The van der Waals surface area contributed by atoms with Crippen LogP contribution in [0.4, 0.5) is 0 Å². The summed E-state index contributed by atoms with van der Waals surface area (Å²) in [5.41, 5.74) is 0. The zero-order chi connectivity index (χ0) is 13.0. The normalized spacial score (nSPS) is 32.8. The molecule has 1 aliphatic carbocycles. The Balaban J connectivity index is 1.66. The minimum Gasteiger partial charge on any atom is -0.343 e. The van der Waals surface area contributed by atoms with Crippen molar-refractivity contribution in [1.29, 1.82) is 0 Å². The molecule has 1 aliphatic heterocycles. The summed E-state index contributed by atoms with van der Waals surface area (Å²) in [6.45, 7) is 7.50. The molecule has 1 heterocycles. The molecule has 3 unspecified atom stereocenters. The van der Waals surface area contributed by atoms with Crippen molar-refractivity contribution in [3.8, 4) is 0 Å².